The van der Waals surface area contributed by atoms with Gasteiger partial charge in [-0.3, -0.25) is 0 Å². The SMILES string of the molecule is CC1(C)CC1NCc1cccc(O)c1O. The van der Waals surface area contributed by atoms with Crippen molar-refractivity contribution in [1.29, 1.82) is 0 Å². The number of nitrogens with one attached hydrogen (secondary N) is 1. The molecule has 3 nitrogen and oxygen atoms in total. The molecule has 1 aromatic rings. The largest absolute Gasteiger partial charge is 0.504 e. The maximum Gasteiger partial charge on any atom is 0.161 e. The van der Waals surface area contributed by atoms with Crippen LogP contribution in [-0.2, 0) is 6.54 Å². The lowest BCUT2D eigenvalue weighted by atomic mass is 10.1. The molecule has 1 unspecified atom stereocenters. The van der Waals surface area contributed by atoms with E-state index in [1.807, 2.05) is 6.07 Å². The Bertz CT molecular complexity index is 374. The summed E-state index contributed by atoms with van der Waals surface area (Å²) in [6, 6.07) is 5.57. The van der Waals surface area contributed by atoms with Crippen LogP contribution < -0.4 is 5.32 Å². The Morgan fingerprint density at radius 3 is 2.67 bits per heavy atom. The zero-order chi connectivity index (χ0) is 11.1. The van der Waals surface area contributed by atoms with Crippen LogP contribution >= 0.6 is 0 Å². The highest BCUT2D eigenvalue weighted by Gasteiger charge is 2.45. The van der Waals surface area contributed by atoms with Crippen molar-refractivity contribution in [3.63, 3.8) is 0 Å². The van der Waals surface area contributed by atoms with Crippen molar-refractivity contribution in [2.45, 2.75) is 32.9 Å². The van der Waals surface area contributed by atoms with Crippen molar-refractivity contribution in [1.82, 2.24) is 5.32 Å². The first-order valence-electron chi connectivity index (χ1n) is 5.24. The van der Waals surface area contributed by atoms with Crippen LogP contribution in [0.3, 0.4) is 0 Å². The standard InChI is InChI=1S/C12H17NO2/c1-12(2)6-10(12)13-7-8-4-3-5-9(14)11(8)15/h3-5,10,13-15H,6-7H2,1-2H3. The van der Waals surface area contributed by atoms with E-state index in [2.05, 4.69) is 19.2 Å². The molecule has 3 N–H and O–H groups in total. The lowest BCUT2D eigenvalue weighted by molar-refractivity contribution is 0.397. The number of hydrogen-bond acceptors (Lipinski definition) is 3. The van der Waals surface area contributed by atoms with E-state index in [4.69, 9.17) is 0 Å². The molecule has 2 rings (SSSR count). The van der Waals surface area contributed by atoms with E-state index in [1.165, 1.54) is 12.5 Å². The lowest BCUT2D eigenvalue weighted by Gasteiger charge is -2.08. The van der Waals surface area contributed by atoms with Gasteiger partial charge in [0.05, 0.1) is 0 Å². The zero-order valence-electron chi connectivity index (χ0n) is 9.12. The van der Waals surface area contributed by atoms with Gasteiger partial charge in [-0.25, -0.2) is 0 Å². The first-order valence-corrected chi connectivity index (χ1v) is 5.24. The van der Waals surface area contributed by atoms with Crippen molar-refractivity contribution < 1.29 is 10.2 Å². The van der Waals surface area contributed by atoms with Gasteiger partial charge in [-0.2, -0.15) is 0 Å². The van der Waals surface area contributed by atoms with Gasteiger partial charge in [0.1, 0.15) is 0 Å². The number of hydrogen-bond donors (Lipinski definition) is 3. The molecule has 0 amide bonds. The van der Waals surface area contributed by atoms with Crippen LogP contribution in [0.15, 0.2) is 18.2 Å². The van der Waals surface area contributed by atoms with Crippen LogP contribution in [0.2, 0.25) is 0 Å². The molecule has 1 aliphatic carbocycles. The summed E-state index contributed by atoms with van der Waals surface area (Å²) in [5, 5.41) is 22.2. The van der Waals surface area contributed by atoms with Crippen molar-refractivity contribution in [3.8, 4) is 11.5 Å². The summed E-state index contributed by atoms with van der Waals surface area (Å²) in [7, 11) is 0. The van der Waals surface area contributed by atoms with Crippen LogP contribution in [0.5, 0.6) is 11.5 Å². The molecular weight excluding hydrogens is 190 g/mol. The van der Waals surface area contributed by atoms with E-state index in [0.29, 0.717) is 18.0 Å². The van der Waals surface area contributed by atoms with Gasteiger partial charge in [0, 0.05) is 18.2 Å². The number of para-hydroxylation sites is 1. The molecule has 0 heterocycles. The number of rotatable bonds is 3. The highest BCUT2D eigenvalue weighted by molar-refractivity contribution is 5.44. The molecule has 3 heteroatoms. The molecule has 0 aliphatic heterocycles. The van der Waals surface area contributed by atoms with Crippen LogP contribution in [0.4, 0.5) is 0 Å². The van der Waals surface area contributed by atoms with Crippen LogP contribution in [0.25, 0.3) is 0 Å². The predicted molar refractivity (Wildman–Crippen MR) is 58.8 cm³/mol. The number of phenolic OH excluding ortho intramolecular Hbond substituents is 2. The number of benzene rings is 1. The van der Waals surface area contributed by atoms with Gasteiger partial charge in [-0.1, -0.05) is 26.0 Å². The second-order valence-electron chi connectivity index (χ2n) is 4.91. The minimum atomic E-state index is -0.0515. The monoisotopic (exact) mass is 207 g/mol. The zero-order valence-corrected chi connectivity index (χ0v) is 9.12. The Morgan fingerprint density at radius 2 is 2.07 bits per heavy atom. The first kappa shape index (κ1) is 10.3. The van der Waals surface area contributed by atoms with Crippen molar-refractivity contribution in [2.24, 2.45) is 5.41 Å². The molecule has 1 atom stereocenters. The minimum Gasteiger partial charge on any atom is -0.504 e. The third-order valence-electron chi connectivity index (χ3n) is 3.15. The van der Waals surface area contributed by atoms with E-state index in [9.17, 15) is 10.2 Å². The van der Waals surface area contributed by atoms with Gasteiger partial charge in [0.15, 0.2) is 11.5 Å². The van der Waals surface area contributed by atoms with Gasteiger partial charge in [-0.15, -0.1) is 0 Å². The molecule has 0 radical (unpaired) electrons. The summed E-state index contributed by atoms with van der Waals surface area (Å²) < 4.78 is 0. The molecule has 0 saturated heterocycles. The molecule has 82 valence electrons. The van der Waals surface area contributed by atoms with Gasteiger partial charge < -0.3 is 15.5 Å². The van der Waals surface area contributed by atoms with Crippen LogP contribution in [0, 0.1) is 5.41 Å². The summed E-state index contributed by atoms with van der Waals surface area (Å²) >= 11 is 0. The molecule has 0 spiro atoms. The Kier molecular flexibility index (Phi) is 2.35. The molecular formula is C12H17NO2. The van der Waals surface area contributed by atoms with E-state index < -0.39 is 0 Å². The Balaban J connectivity index is 1.97. The third kappa shape index (κ3) is 2.07. The highest BCUT2D eigenvalue weighted by atomic mass is 16.3. The molecule has 0 bridgehead atoms. The van der Waals surface area contributed by atoms with E-state index in [1.54, 1.807) is 6.07 Å². The summed E-state index contributed by atoms with van der Waals surface area (Å²) in [6.07, 6.45) is 1.17. The Morgan fingerprint density at radius 1 is 1.40 bits per heavy atom. The summed E-state index contributed by atoms with van der Waals surface area (Å²) in [6.45, 7) is 5.04. The van der Waals surface area contributed by atoms with Crippen LogP contribution in [0.1, 0.15) is 25.8 Å². The smallest absolute Gasteiger partial charge is 0.161 e. The van der Waals surface area contributed by atoms with E-state index in [-0.39, 0.29) is 11.5 Å². The summed E-state index contributed by atoms with van der Waals surface area (Å²) in [5.74, 6) is -0.0622. The predicted octanol–water partition coefficient (Wildman–Crippen LogP) is 1.99. The van der Waals surface area contributed by atoms with Gasteiger partial charge in [-0.05, 0) is 17.9 Å². The fourth-order valence-electron chi connectivity index (χ4n) is 1.77. The Labute approximate surface area is 89.8 Å². The average Bonchev–Trinajstić information content (AvgIpc) is 2.77. The maximum atomic E-state index is 9.57. The minimum absolute atomic E-state index is 0.0107. The lowest BCUT2D eigenvalue weighted by Crippen LogP contribution is -2.19. The molecule has 1 aromatic carbocycles. The van der Waals surface area contributed by atoms with Gasteiger partial charge >= 0.3 is 0 Å². The van der Waals surface area contributed by atoms with Gasteiger partial charge in [0.2, 0.25) is 0 Å². The fourth-order valence-corrected chi connectivity index (χ4v) is 1.77. The molecule has 1 aliphatic rings. The summed E-state index contributed by atoms with van der Waals surface area (Å²) in [4.78, 5) is 0. The third-order valence-corrected chi connectivity index (χ3v) is 3.15. The van der Waals surface area contributed by atoms with Crippen molar-refractivity contribution in [3.05, 3.63) is 23.8 Å². The quantitative estimate of drug-likeness (QED) is 0.664. The van der Waals surface area contributed by atoms with Gasteiger partial charge in [0.25, 0.3) is 0 Å². The fraction of sp³-hybridized carbons (Fsp3) is 0.500. The molecule has 15 heavy (non-hydrogen) atoms. The second kappa shape index (κ2) is 3.42. The Hall–Kier alpha value is -1.22. The molecule has 1 fully saturated rings. The van der Waals surface area contributed by atoms with Crippen LogP contribution in [-0.4, -0.2) is 16.3 Å². The van der Waals surface area contributed by atoms with Crippen molar-refractivity contribution >= 4 is 0 Å². The normalized spacial score (nSPS) is 22.7. The van der Waals surface area contributed by atoms with E-state index in [0.717, 1.165) is 5.56 Å². The summed E-state index contributed by atoms with van der Waals surface area (Å²) in [5.41, 5.74) is 1.13. The van der Waals surface area contributed by atoms with Crippen molar-refractivity contribution in [2.75, 3.05) is 0 Å². The van der Waals surface area contributed by atoms with E-state index >= 15 is 0 Å². The number of aromatic hydroxyl groups is 2. The first-order chi connectivity index (χ1) is 7.00. The second-order valence-corrected chi connectivity index (χ2v) is 4.91. The highest BCUT2D eigenvalue weighted by Crippen LogP contribution is 2.44. The average molecular weight is 207 g/mol. The molecule has 0 aromatic heterocycles. The topological polar surface area (TPSA) is 52.5 Å². The molecule has 1 saturated carbocycles. The number of phenols is 2. The maximum absolute atomic E-state index is 9.57.